The topological polar surface area (TPSA) is 127 Å². The number of aromatic amines is 1. The second-order valence-corrected chi connectivity index (χ2v) is 10.7. The minimum atomic E-state index is -0.314. The highest BCUT2D eigenvalue weighted by molar-refractivity contribution is 6.05. The van der Waals surface area contributed by atoms with Gasteiger partial charge in [0.1, 0.15) is 29.2 Å². The van der Waals surface area contributed by atoms with Crippen LogP contribution in [0.3, 0.4) is 0 Å². The Kier molecular flexibility index (Phi) is 6.96. The third-order valence-corrected chi connectivity index (χ3v) is 7.83. The van der Waals surface area contributed by atoms with Crippen molar-refractivity contribution < 1.29 is 13.9 Å². The molecule has 1 amide bonds. The van der Waals surface area contributed by atoms with Crippen molar-refractivity contribution in [3.63, 3.8) is 0 Å². The molecule has 0 saturated heterocycles. The summed E-state index contributed by atoms with van der Waals surface area (Å²) < 4.78 is 12.9. The average Bonchev–Trinajstić information content (AvgIpc) is 3.63. The number of hydrogen-bond acceptors (Lipinski definition) is 7. The first-order valence-corrected chi connectivity index (χ1v) is 14.3. The van der Waals surface area contributed by atoms with E-state index in [1.807, 2.05) is 61.5 Å². The molecule has 216 valence electrons. The van der Waals surface area contributed by atoms with E-state index in [1.165, 1.54) is 4.57 Å². The zero-order valence-corrected chi connectivity index (χ0v) is 23.6. The number of ether oxygens (including phenoxy) is 1. The molecule has 0 bridgehead atoms. The Morgan fingerprint density at radius 2 is 1.98 bits per heavy atom. The van der Waals surface area contributed by atoms with E-state index >= 15 is 0 Å². The number of carbonyl (C=O) groups excluding carboxylic acids is 1. The van der Waals surface area contributed by atoms with Crippen LogP contribution in [0.1, 0.15) is 36.5 Å². The predicted octanol–water partition coefficient (Wildman–Crippen LogP) is 5.31. The Hall–Kier alpha value is -5.22. The number of rotatable bonds is 8. The van der Waals surface area contributed by atoms with Crippen LogP contribution in [0.4, 0.5) is 5.69 Å². The zero-order valence-electron chi connectivity index (χ0n) is 23.6. The summed E-state index contributed by atoms with van der Waals surface area (Å²) in [6.07, 6.45) is 7.57. The highest BCUT2D eigenvalue weighted by atomic mass is 16.5. The van der Waals surface area contributed by atoms with Crippen molar-refractivity contribution in [1.29, 1.82) is 0 Å². The Morgan fingerprint density at radius 3 is 2.84 bits per heavy atom. The molecule has 0 aliphatic carbocycles. The molecule has 0 fully saturated rings. The lowest BCUT2D eigenvalue weighted by molar-refractivity contribution is -0.121. The normalized spacial score (nSPS) is 14.2. The molecule has 43 heavy (non-hydrogen) atoms. The van der Waals surface area contributed by atoms with E-state index in [0.29, 0.717) is 37.7 Å². The molecular formula is C33H30N6O4. The van der Waals surface area contributed by atoms with Gasteiger partial charge < -0.3 is 24.8 Å². The van der Waals surface area contributed by atoms with Crippen LogP contribution in [0.25, 0.3) is 38.4 Å². The van der Waals surface area contributed by atoms with Gasteiger partial charge in [0.25, 0.3) is 5.56 Å². The number of amides is 1. The minimum absolute atomic E-state index is 0.169. The van der Waals surface area contributed by atoms with Crippen molar-refractivity contribution >= 4 is 50.0 Å². The van der Waals surface area contributed by atoms with E-state index in [2.05, 4.69) is 31.7 Å². The number of H-pyrrole nitrogens is 1. The monoisotopic (exact) mass is 574 g/mol. The number of furan rings is 1. The van der Waals surface area contributed by atoms with Gasteiger partial charge in [-0.3, -0.25) is 19.1 Å². The number of fused-ring (bicyclic) bond motifs is 4. The van der Waals surface area contributed by atoms with Crippen molar-refractivity contribution in [3.8, 4) is 0 Å². The molecule has 10 nitrogen and oxygen atoms in total. The van der Waals surface area contributed by atoms with Gasteiger partial charge in [-0.2, -0.15) is 0 Å². The Bertz CT molecular complexity index is 2040. The molecule has 0 radical (unpaired) electrons. The molecule has 2 aromatic carbocycles. The SMILES string of the molecule is C[C@@H](Nc1cnc(C2=CCOCC2)n(CC(=O)NCc2cc3cnccc3[nH]2)c1=O)c1ccc2oc3ccccc3c2c1. The van der Waals surface area contributed by atoms with Crippen molar-refractivity contribution in [2.75, 3.05) is 18.5 Å². The molecule has 0 saturated carbocycles. The Morgan fingerprint density at radius 1 is 1.09 bits per heavy atom. The van der Waals surface area contributed by atoms with E-state index < -0.39 is 0 Å². The van der Waals surface area contributed by atoms with Gasteiger partial charge in [-0.1, -0.05) is 30.3 Å². The van der Waals surface area contributed by atoms with E-state index in [4.69, 9.17) is 9.15 Å². The first-order valence-electron chi connectivity index (χ1n) is 14.3. The van der Waals surface area contributed by atoms with Crippen molar-refractivity contribution in [3.05, 3.63) is 107 Å². The number of carbonyl (C=O) groups is 1. The van der Waals surface area contributed by atoms with Gasteiger partial charge in [0.15, 0.2) is 0 Å². The summed E-state index contributed by atoms with van der Waals surface area (Å²) in [5, 5.41) is 9.29. The summed E-state index contributed by atoms with van der Waals surface area (Å²) in [6.45, 7) is 3.09. The van der Waals surface area contributed by atoms with Crippen LogP contribution >= 0.6 is 0 Å². The Balaban J connectivity index is 1.15. The number of anilines is 1. The predicted molar refractivity (Wildman–Crippen MR) is 166 cm³/mol. The third kappa shape index (κ3) is 5.28. The molecule has 1 aliphatic rings. The van der Waals surface area contributed by atoms with Crippen molar-refractivity contribution in [2.45, 2.75) is 32.5 Å². The van der Waals surface area contributed by atoms with Gasteiger partial charge in [-0.15, -0.1) is 0 Å². The lowest BCUT2D eigenvalue weighted by Gasteiger charge is -2.20. The van der Waals surface area contributed by atoms with Crippen LogP contribution < -0.4 is 16.2 Å². The fourth-order valence-corrected chi connectivity index (χ4v) is 5.57. The van der Waals surface area contributed by atoms with Crippen LogP contribution in [0.2, 0.25) is 0 Å². The van der Waals surface area contributed by atoms with E-state index in [-0.39, 0.29) is 24.1 Å². The molecule has 5 heterocycles. The Labute approximate surface area is 246 Å². The van der Waals surface area contributed by atoms with Gasteiger partial charge in [-0.25, -0.2) is 4.98 Å². The molecule has 4 aromatic heterocycles. The van der Waals surface area contributed by atoms with Crippen LogP contribution in [0.5, 0.6) is 0 Å². The summed E-state index contributed by atoms with van der Waals surface area (Å²) in [7, 11) is 0. The van der Waals surface area contributed by atoms with Gasteiger partial charge in [0.2, 0.25) is 5.91 Å². The lowest BCUT2D eigenvalue weighted by atomic mass is 10.0. The van der Waals surface area contributed by atoms with Crippen molar-refractivity contribution in [2.24, 2.45) is 0 Å². The number of nitrogens with zero attached hydrogens (tertiary/aromatic N) is 3. The second kappa shape index (κ2) is 11.2. The van der Waals surface area contributed by atoms with Crippen molar-refractivity contribution in [1.82, 2.24) is 24.8 Å². The first-order chi connectivity index (χ1) is 21.0. The second-order valence-electron chi connectivity index (χ2n) is 10.7. The fraction of sp³-hybridized carbons (Fsp3) is 0.212. The van der Waals surface area contributed by atoms with E-state index in [9.17, 15) is 9.59 Å². The summed E-state index contributed by atoms with van der Waals surface area (Å²) in [6, 6.07) is 17.6. The van der Waals surface area contributed by atoms with Crippen LogP contribution in [-0.4, -0.2) is 38.6 Å². The maximum Gasteiger partial charge on any atom is 0.277 e. The highest BCUT2D eigenvalue weighted by Gasteiger charge is 2.20. The summed E-state index contributed by atoms with van der Waals surface area (Å²) >= 11 is 0. The molecule has 0 spiro atoms. The number of para-hydroxylation sites is 1. The summed E-state index contributed by atoms with van der Waals surface area (Å²) in [4.78, 5) is 39.1. The molecule has 10 heteroatoms. The molecule has 3 N–H and O–H groups in total. The smallest absolute Gasteiger partial charge is 0.277 e. The molecule has 1 atom stereocenters. The molecule has 1 aliphatic heterocycles. The van der Waals surface area contributed by atoms with Crippen LogP contribution in [-0.2, 0) is 22.6 Å². The fourth-order valence-electron chi connectivity index (χ4n) is 5.57. The maximum absolute atomic E-state index is 13.9. The van der Waals surface area contributed by atoms with Gasteiger partial charge in [0.05, 0.1) is 26.0 Å². The molecule has 6 aromatic rings. The number of nitrogens with one attached hydrogen (secondary N) is 3. The lowest BCUT2D eigenvalue weighted by Crippen LogP contribution is -2.35. The van der Waals surface area contributed by atoms with Crippen LogP contribution in [0, 0.1) is 0 Å². The van der Waals surface area contributed by atoms with Gasteiger partial charge in [0, 0.05) is 45.8 Å². The number of aromatic nitrogens is 4. The number of hydrogen-bond donors (Lipinski definition) is 3. The zero-order chi connectivity index (χ0) is 29.3. The highest BCUT2D eigenvalue weighted by Crippen LogP contribution is 2.31. The van der Waals surface area contributed by atoms with E-state index in [1.54, 1.807) is 18.6 Å². The van der Waals surface area contributed by atoms with Crippen LogP contribution in [0.15, 0.2) is 88.5 Å². The quantitative estimate of drug-likeness (QED) is 0.225. The molecule has 0 unspecified atom stereocenters. The first kappa shape index (κ1) is 26.7. The molecule has 7 rings (SSSR count). The van der Waals surface area contributed by atoms with Gasteiger partial charge >= 0.3 is 0 Å². The largest absolute Gasteiger partial charge is 0.456 e. The number of pyridine rings is 1. The summed E-state index contributed by atoms with van der Waals surface area (Å²) in [5.41, 5.74) is 5.32. The standard InChI is InChI=1S/C33H30N6O4/c1-20(22-6-7-30-26(15-22)25-4-2-3-5-29(25)43-30)37-28-18-36-32(21-9-12-42-13-10-21)39(33(28)41)19-31(40)35-17-24-14-23-16-34-11-8-27(23)38-24/h2-9,11,14-16,18,20,37-38H,10,12-13,17,19H2,1H3,(H,35,40)/t20-/m1/s1. The molecular weight excluding hydrogens is 544 g/mol. The summed E-state index contributed by atoms with van der Waals surface area (Å²) in [5.74, 6) is 0.182. The maximum atomic E-state index is 13.9. The number of benzene rings is 2. The third-order valence-electron chi connectivity index (χ3n) is 7.83. The minimum Gasteiger partial charge on any atom is -0.456 e. The van der Waals surface area contributed by atoms with E-state index in [0.717, 1.165) is 49.7 Å². The average molecular weight is 575 g/mol. The van der Waals surface area contributed by atoms with Gasteiger partial charge in [-0.05, 0) is 54.8 Å².